The van der Waals surface area contributed by atoms with Crippen LogP contribution in [0, 0.1) is 0 Å². The summed E-state index contributed by atoms with van der Waals surface area (Å²) in [6.07, 6.45) is 1.30. The molecular weight excluding hydrogens is 133 g/mol. The molecule has 0 radical (unpaired) electrons. The van der Waals surface area contributed by atoms with Gasteiger partial charge in [-0.15, -0.1) is 6.54 Å². The zero-order chi connectivity index (χ0) is 7.33. The second-order valence-electron chi connectivity index (χ2n) is 3.70. The maximum Gasteiger partial charge on any atom is 1.00 e. The Hall–Kier alpha value is 0.774. The van der Waals surface area contributed by atoms with Crippen LogP contribution in [-0.4, -0.2) is 21.7 Å². The molecule has 0 unspecified atom stereocenters. The molecule has 0 spiro atoms. The molecule has 0 rings (SSSR count). The Labute approximate surface area is 78.2 Å². The summed E-state index contributed by atoms with van der Waals surface area (Å²) in [5.41, 5.74) is 0. The Morgan fingerprint density at radius 1 is 1.20 bits per heavy atom. The SMILES string of the molecule is C[N-]CCC[Si](C)(C)C.[Li+]. The third-order valence-corrected chi connectivity index (χ3v) is 3.16. The first kappa shape index (κ1) is 13.4. The van der Waals surface area contributed by atoms with Gasteiger partial charge in [0, 0.05) is 8.07 Å². The van der Waals surface area contributed by atoms with Gasteiger partial charge in [-0.3, -0.25) is 0 Å². The maximum absolute atomic E-state index is 4.06. The van der Waals surface area contributed by atoms with Crippen LogP contribution in [0.4, 0.5) is 0 Å². The number of hydrogen-bond acceptors (Lipinski definition) is 0. The van der Waals surface area contributed by atoms with Crippen molar-refractivity contribution in [2.24, 2.45) is 0 Å². The van der Waals surface area contributed by atoms with Crippen LogP contribution in [-0.2, 0) is 0 Å². The second-order valence-corrected chi connectivity index (χ2v) is 9.33. The average molecular weight is 151 g/mol. The molecule has 1 nitrogen and oxygen atoms in total. The monoisotopic (exact) mass is 151 g/mol. The first-order chi connectivity index (χ1) is 4.06. The minimum absolute atomic E-state index is 0. The summed E-state index contributed by atoms with van der Waals surface area (Å²) in [7, 11) is 1.14. The van der Waals surface area contributed by atoms with Gasteiger partial charge in [0.1, 0.15) is 0 Å². The molecule has 0 aromatic carbocycles. The Morgan fingerprint density at radius 3 is 2.00 bits per heavy atom. The third kappa shape index (κ3) is 11.6. The van der Waals surface area contributed by atoms with Crippen molar-refractivity contribution in [3.63, 3.8) is 0 Å². The van der Waals surface area contributed by atoms with Crippen LogP contribution in [0.15, 0.2) is 0 Å². The fraction of sp³-hybridized carbons (Fsp3) is 1.00. The number of rotatable bonds is 4. The van der Waals surface area contributed by atoms with Gasteiger partial charge in [-0.25, -0.2) is 0 Å². The molecule has 0 aromatic rings. The molecule has 56 valence electrons. The largest absolute Gasteiger partial charge is 1.00 e. The van der Waals surface area contributed by atoms with E-state index in [9.17, 15) is 0 Å². The van der Waals surface area contributed by atoms with E-state index in [0.29, 0.717) is 0 Å². The second kappa shape index (κ2) is 6.48. The van der Waals surface area contributed by atoms with E-state index in [1.807, 2.05) is 7.05 Å². The van der Waals surface area contributed by atoms with E-state index < -0.39 is 8.07 Å². The predicted octanol–water partition coefficient (Wildman–Crippen LogP) is -0.278. The first-order valence-corrected chi connectivity index (χ1v) is 7.32. The predicted molar refractivity (Wildman–Crippen MR) is 46.9 cm³/mol. The Kier molecular flexibility index (Phi) is 8.67. The van der Waals surface area contributed by atoms with Gasteiger partial charge in [0.15, 0.2) is 0 Å². The van der Waals surface area contributed by atoms with Gasteiger partial charge in [-0.2, -0.15) is 7.05 Å². The van der Waals surface area contributed by atoms with Gasteiger partial charge in [-0.1, -0.05) is 32.1 Å². The maximum atomic E-state index is 4.06. The van der Waals surface area contributed by atoms with Crippen molar-refractivity contribution in [1.82, 2.24) is 0 Å². The third-order valence-electron chi connectivity index (χ3n) is 1.31. The van der Waals surface area contributed by atoms with Crippen molar-refractivity contribution in [2.75, 3.05) is 13.6 Å². The summed E-state index contributed by atoms with van der Waals surface area (Å²) in [5.74, 6) is 0. The Morgan fingerprint density at radius 2 is 1.70 bits per heavy atom. The molecule has 0 aliphatic carbocycles. The zero-order valence-corrected chi connectivity index (χ0v) is 9.07. The molecule has 0 saturated heterocycles. The molecule has 0 N–H and O–H groups in total. The molecule has 0 aromatic heterocycles. The summed E-state index contributed by atoms with van der Waals surface area (Å²) in [4.78, 5) is 0. The molecule has 0 aliphatic heterocycles. The van der Waals surface area contributed by atoms with Crippen molar-refractivity contribution < 1.29 is 18.9 Å². The molecule has 10 heavy (non-hydrogen) atoms. The summed E-state index contributed by atoms with van der Waals surface area (Å²) < 4.78 is 0. The van der Waals surface area contributed by atoms with E-state index >= 15 is 0 Å². The van der Waals surface area contributed by atoms with Crippen LogP contribution >= 0.6 is 0 Å². The van der Waals surface area contributed by atoms with E-state index in [-0.39, 0.29) is 18.9 Å². The number of hydrogen-bond donors (Lipinski definition) is 0. The van der Waals surface area contributed by atoms with Crippen molar-refractivity contribution in [3.05, 3.63) is 5.32 Å². The molecule has 0 bridgehead atoms. The summed E-state index contributed by atoms with van der Waals surface area (Å²) in [6.45, 7) is 8.28. The number of nitrogens with zero attached hydrogens (tertiary/aromatic N) is 1. The first-order valence-electron chi connectivity index (χ1n) is 3.62. The van der Waals surface area contributed by atoms with Crippen LogP contribution in [0.25, 0.3) is 5.32 Å². The Balaban J connectivity index is 0. The molecule has 0 saturated carbocycles. The summed E-state index contributed by atoms with van der Waals surface area (Å²) >= 11 is 0. The molecule has 0 fully saturated rings. The van der Waals surface area contributed by atoms with Crippen molar-refractivity contribution >= 4 is 8.07 Å². The van der Waals surface area contributed by atoms with E-state index in [0.717, 1.165) is 6.54 Å². The van der Waals surface area contributed by atoms with Crippen LogP contribution < -0.4 is 18.9 Å². The fourth-order valence-corrected chi connectivity index (χ4v) is 1.99. The smallest absolute Gasteiger partial charge is 0.665 e. The van der Waals surface area contributed by atoms with Gasteiger partial charge in [0.25, 0.3) is 0 Å². The van der Waals surface area contributed by atoms with E-state index in [2.05, 4.69) is 25.0 Å². The standard InChI is InChI=1S/C7H18NSi.Li/c1-8-6-5-7-9(2,3)4;/h5-7H2,1-4H3;/q-1;+1. The van der Waals surface area contributed by atoms with E-state index in [4.69, 9.17) is 0 Å². The van der Waals surface area contributed by atoms with Crippen LogP contribution in [0.1, 0.15) is 6.42 Å². The average Bonchev–Trinajstić information content (AvgIpc) is 1.63. The minimum atomic E-state index is -0.754. The molecule has 0 atom stereocenters. The molecule has 0 amide bonds. The van der Waals surface area contributed by atoms with Crippen LogP contribution in [0.2, 0.25) is 25.7 Å². The van der Waals surface area contributed by atoms with Crippen LogP contribution in [0.3, 0.4) is 0 Å². The quantitative estimate of drug-likeness (QED) is 0.388. The van der Waals surface area contributed by atoms with Gasteiger partial charge >= 0.3 is 18.9 Å². The van der Waals surface area contributed by atoms with Crippen molar-refractivity contribution in [1.29, 1.82) is 0 Å². The minimum Gasteiger partial charge on any atom is -0.665 e. The van der Waals surface area contributed by atoms with Gasteiger partial charge in [0.05, 0.1) is 0 Å². The van der Waals surface area contributed by atoms with Crippen LogP contribution in [0.5, 0.6) is 0 Å². The molecular formula is C7H18LiNSi. The van der Waals surface area contributed by atoms with Crippen molar-refractivity contribution in [2.45, 2.75) is 32.1 Å². The summed E-state index contributed by atoms with van der Waals surface area (Å²) in [5, 5.41) is 4.06. The summed E-state index contributed by atoms with van der Waals surface area (Å²) in [6, 6.07) is 1.42. The normalized spacial score (nSPS) is 10.8. The molecule has 3 heteroatoms. The van der Waals surface area contributed by atoms with Gasteiger partial charge in [-0.05, 0) is 0 Å². The zero-order valence-electron chi connectivity index (χ0n) is 8.07. The fourth-order valence-electron chi connectivity index (χ4n) is 0.768. The Bertz CT molecular complexity index is 70.5. The molecule has 0 aliphatic rings. The van der Waals surface area contributed by atoms with Gasteiger partial charge in [0.2, 0.25) is 0 Å². The topological polar surface area (TPSA) is 14.1 Å². The van der Waals surface area contributed by atoms with Gasteiger partial charge < -0.3 is 5.32 Å². The van der Waals surface area contributed by atoms with E-state index in [1.54, 1.807) is 0 Å². The van der Waals surface area contributed by atoms with E-state index in [1.165, 1.54) is 12.5 Å². The molecule has 0 heterocycles. The van der Waals surface area contributed by atoms with Crippen molar-refractivity contribution in [3.8, 4) is 0 Å².